The summed E-state index contributed by atoms with van der Waals surface area (Å²) in [6, 6.07) is 7.39. The number of hydrogen-bond donors (Lipinski definition) is 1. The van der Waals surface area contributed by atoms with Gasteiger partial charge < -0.3 is 10.1 Å². The molecular weight excluding hydrogens is 293 g/mol. The maximum atomic E-state index is 13.1. The summed E-state index contributed by atoms with van der Waals surface area (Å²) >= 11 is 0. The van der Waals surface area contributed by atoms with Crippen molar-refractivity contribution in [2.24, 2.45) is 0 Å². The lowest BCUT2D eigenvalue weighted by molar-refractivity contribution is 0.302. The summed E-state index contributed by atoms with van der Waals surface area (Å²) < 4.78 is 19.0. The average Bonchev–Trinajstić information content (AvgIpc) is 2.54. The first-order valence-electron chi connectivity index (χ1n) is 8.12. The third-order valence-corrected chi connectivity index (χ3v) is 3.57. The molecule has 1 aromatic carbocycles. The zero-order valence-electron chi connectivity index (χ0n) is 13.8. The van der Waals surface area contributed by atoms with E-state index in [1.165, 1.54) is 31.7 Å². The van der Waals surface area contributed by atoms with Crippen LogP contribution in [0.1, 0.15) is 43.7 Å². The quantitative estimate of drug-likeness (QED) is 0.546. The van der Waals surface area contributed by atoms with Gasteiger partial charge in [-0.2, -0.15) is 4.39 Å². The van der Waals surface area contributed by atoms with Crippen LogP contribution in [0.5, 0.6) is 5.75 Å². The monoisotopic (exact) mass is 317 g/mol. The van der Waals surface area contributed by atoms with Gasteiger partial charge in [0.15, 0.2) is 0 Å². The van der Waals surface area contributed by atoms with Crippen LogP contribution in [0.4, 0.5) is 10.2 Å². The van der Waals surface area contributed by atoms with Crippen molar-refractivity contribution in [1.82, 2.24) is 9.97 Å². The van der Waals surface area contributed by atoms with Crippen LogP contribution >= 0.6 is 0 Å². The minimum atomic E-state index is -0.543. The minimum Gasteiger partial charge on any atom is -0.493 e. The second-order valence-corrected chi connectivity index (χ2v) is 5.60. The van der Waals surface area contributed by atoms with Gasteiger partial charge in [-0.3, -0.25) is 0 Å². The number of nitrogens with one attached hydrogen (secondary N) is 1. The first kappa shape index (κ1) is 17.2. The van der Waals surface area contributed by atoms with Gasteiger partial charge in [-0.25, -0.2) is 9.97 Å². The predicted octanol–water partition coefficient (Wildman–Crippen LogP) is 4.50. The van der Waals surface area contributed by atoms with Crippen molar-refractivity contribution in [3.63, 3.8) is 0 Å². The van der Waals surface area contributed by atoms with Crippen molar-refractivity contribution >= 4 is 5.82 Å². The Labute approximate surface area is 137 Å². The lowest BCUT2D eigenvalue weighted by Crippen LogP contribution is -2.06. The number of aryl methyl sites for hydroxylation is 1. The molecule has 0 fully saturated rings. The highest BCUT2D eigenvalue weighted by Gasteiger charge is 2.05. The van der Waals surface area contributed by atoms with E-state index < -0.39 is 5.95 Å². The van der Waals surface area contributed by atoms with E-state index in [0.29, 0.717) is 12.4 Å². The second-order valence-electron chi connectivity index (χ2n) is 5.60. The molecule has 2 rings (SSSR count). The fourth-order valence-corrected chi connectivity index (χ4v) is 2.27. The highest BCUT2D eigenvalue weighted by atomic mass is 19.1. The number of unbranched alkanes of at least 4 members (excludes halogenated alkanes) is 3. The fourth-order valence-electron chi connectivity index (χ4n) is 2.27. The van der Waals surface area contributed by atoms with Gasteiger partial charge in [0.2, 0.25) is 5.95 Å². The highest BCUT2D eigenvalue weighted by molar-refractivity contribution is 5.41. The van der Waals surface area contributed by atoms with Gasteiger partial charge >= 0.3 is 0 Å². The summed E-state index contributed by atoms with van der Waals surface area (Å²) in [7, 11) is 0. The molecule has 1 N–H and O–H groups in total. The molecule has 0 amide bonds. The van der Waals surface area contributed by atoms with Crippen molar-refractivity contribution in [1.29, 1.82) is 0 Å². The molecule has 0 saturated carbocycles. The maximum Gasteiger partial charge on any atom is 0.217 e. The number of hydrogen-bond acceptors (Lipinski definition) is 4. The number of aromatic nitrogens is 2. The van der Waals surface area contributed by atoms with Crippen molar-refractivity contribution in [2.75, 3.05) is 11.9 Å². The summed E-state index contributed by atoms with van der Waals surface area (Å²) in [5.41, 5.74) is 2.19. The van der Waals surface area contributed by atoms with Gasteiger partial charge in [0.05, 0.1) is 6.61 Å². The van der Waals surface area contributed by atoms with Gasteiger partial charge in [0, 0.05) is 18.2 Å². The third kappa shape index (κ3) is 5.85. The zero-order valence-corrected chi connectivity index (χ0v) is 13.8. The molecule has 0 unspecified atom stereocenters. The predicted molar refractivity (Wildman–Crippen MR) is 90.1 cm³/mol. The molecule has 23 heavy (non-hydrogen) atoms. The lowest BCUT2D eigenvalue weighted by Gasteiger charge is -2.13. The third-order valence-electron chi connectivity index (χ3n) is 3.57. The summed E-state index contributed by atoms with van der Waals surface area (Å²) in [6.45, 7) is 5.49. The Bertz CT molecular complexity index is 619. The van der Waals surface area contributed by atoms with E-state index in [0.717, 1.165) is 29.9 Å². The molecule has 0 spiro atoms. The molecule has 0 saturated heterocycles. The molecule has 5 heteroatoms. The van der Waals surface area contributed by atoms with Gasteiger partial charge in [-0.15, -0.1) is 0 Å². The standard InChI is InChI=1S/C18H24FN3O/c1-3-4-5-6-9-23-16-10-14(2)7-8-15(16)12-20-18-11-17(19)21-13-22-18/h7-8,10-11,13H,3-6,9,12H2,1-2H3,(H,20,21,22). The van der Waals surface area contributed by atoms with E-state index in [9.17, 15) is 4.39 Å². The average molecular weight is 317 g/mol. The van der Waals surface area contributed by atoms with Crippen LogP contribution in [0.15, 0.2) is 30.6 Å². The molecule has 124 valence electrons. The topological polar surface area (TPSA) is 47.0 Å². The molecule has 2 aromatic rings. The molecule has 0 atom stereocenters. The Kier molecular flexibility index (Phi) is 6.78. The van der Waals surface area contributed by atoms with Gasteiger partial charge in [-0.1, -0.05) is 38.3 Å². The van der Waals surface area contributed by atoms with Crippen LogP contribution in [0.25, 0.3) is 0 Å². The minimum absolute atomic E-state index is 0.465. The van der Waals surface area contributed by atoms with E-state index in [1.807, 2.05) is 25.1 Å². The summed E-state index contributed by atoms with van der Waals surface area (Å²) in [6.07, 6.45) is 5.92. The normalized spacial score (nSPS) is 10.6. The smallest absolute Gasteiger partial charge is 0.217 e. The molecule has 0 aliphatic carbocycles. The number of ether oxygens (including phenoxy) is 1. The van der Waals surface area contributed by atoms with E-state index >= 15 is 0 Å². The SMILES string of the molecule is CCCCCCOc1cc(C)ccc1CNc1cc(F)ncn1. The number of halogens is 1. The number of benzene rings is 1. The van der Waals surface area contributed by atoms with Crippen molar-refractivity contribution < 1.29 is 9.13 Å². The second kappa shape index (κ2) is 9.08. The van der Waals surface area contributed by atoms with E-state index in [-0.39, 0.29) is 0 Å². The van der Waals surface area contributed by atoms with Crippen LogP contribution in [0.3, 0.4) is 0 Å². The highest BCUT2D eigenvalue weighted by Crippen LogP contribution is 2.22. The fraction of sp³-hybridized carbons (Fsp3) is 0.444. The Morgan fingerprint density at radius 2 is 2.00 bits per heavy atom. The van der Waals surface area contributed by atoms with Gasteiger partial charge in [0.25, 0.3) is 0 Å². The van der Waals surface area contributed by atoms with Gasteiger partial charge in [0.1, 0.15) is 17.9 Å². The van der Waals surface area contributed by atoms with E-state index in [1.54, 1.807) is 0 Å². The Morgan fingerprint density at radius 3 is 2.78 bits per heavy atom. The molecule has 0 radical (unpaired) electrons. The largest absolute Gasteiger partial charge is 0.493 e. The summed E-state index contributed by atoms with van der Waals surface area (Å²) in [5.74, 6) is 0.800. The molecule has 4 nitrogen and oxygen atoms in total. The summed E-state index contributed by atoms with van der Waals surface area (Å²) in [5, 5.41) is 3.10. The molecular formula is C18H24FN3O. The van der Waals surface area contributed by atoms with Crippen molar-refractivity contribution in [3.8, 4) is 5.75 Å². The lowest BCUT2D eigenvalue weighted by atomic mass is 10.1. The Hall–Kier alpha value is -2.17. The van der Waals surface area contributed by atoms with E-state index in [2.05, 4.69) is 22.2 Å². The molecule has 0 aliphatic rings. The number of anilines is 1. The first-order chi connectivity index (χ1) is 11.2. The van der Waals surface area contributed by atoms with Crippen LogP contribution in [-0.2, 0) is 6.54 Å². The Balaban J connectivity index is 1.94. The van der Waals surface area contributed by atoms with Gasteiger partial charge in [-0.05, 0) is 25.0 Å². The van der Waals surface area contributed by atoms with Crippen molar-refractivity contribution in [3.05, 3.63) is 47.7 Å². The first-order valence-corrected chi connectivity index (χ1v) is 8.12. The molecule has 0 bridgehead atoms. The van der Waals surface area contributed by atoms with Crippen LogP contribution < -0.4 is 10.1 Å². The zero-order chi connectivity index (χ0) is 16.5. The maximum absolute atomic E-state index is 13.1. The molecule has 0 aliphatic heterocycles. The number of rotatable bonds is 9. The van der Waals surface area contributed by atoms with E-state index in [4.69, 9.17) is 4.74 Å². The van der Waals surface area contributed by atoms with Crippen molar-refractivity contribution in [2.45, 2.75) is 46.1 Å². The van der Waals surface area contributed by atoms with Crippen LogP contribution in [0, 0.1) is 12.9 Å². The van der Waals surface area contributed by atoms with Crippen LogP contribution in [0.2, 0.25) is 0 Å². The van der Waals surface area contributed by atoms with Crippen LogP contribution in [-0.4, -0.2) is 16.6 Å². The summed E-state index contributed by atoms with van der Waals surface area (Å²) in [4.78, 5) is 7.44. The number of nitrogens with zero attached hydrogens (tertiary/aromatic N) is 2. The Morgan fingerprint density at radius 1 is 1.13 bits per heavy atom. The molecule has 1 aromatic heterocycles. The molecule has 1 heterocycles.